The molecule has 1 unspecified atom stereocenters. The van der Waals surface area contributed by atoms with Gasteiger partial charge >= 0.3 is 0 Å². The molecule has 1 saturated heterocycles. The molecule has 29 heavy (non-hydrogen) atoms. The van der Waals surface area contributed by atoms with Crippen LogP contribution in [0.25, 0.3) is 0 Å². The van der Waals surface area contributed by atoms with E-state index in [1.165, 1.54) is 7.11 Å². The van der Waals surface area contributed by atoms with Crippen molar-refractivity contribution in [3.05, 3.63) is 35.0 Å². The third-order valence-electron chi connectivity index (χ3n) is 5.99. The molecule has 1 fully saturated rings. The van der Waals surface area contributed by atoms with Crippen LogP contribution in [0.4, 0.5) is 0 Å². The van der Waals surface area contributed by atoms with Gasteiger partial charge in [-0.1, -0.05) is 19.9 Å². The van der Waals surface area contributed by atoms with Crippen LogP contribution in [-0.4, -0.2) is 60.2 Å². The number of hydrazine groups is 1. The van der Waals surface area contributed by atoms with E-state index in [0.29, 0.717) is 44.9 Å². The van der Waals surface area contributed by atoms with Gasteiger partial charge in [-0.05, 0) is 29.5 Å². The predicted octanol–water partition coefficient (Wildman–Crippen LogP) is 2.61. The second-order valence-electron chi connectivity index (χ2n) is 8.76. The zero-order chi connectivity index (χ0) is 20.8. The van der Waals surface area contributed by atoms with E-state index in [4.69, 9.17) is 9.47 Å². The quantitative estimate of drug-likeness (QED) is 0.840. The van der Waals surface area contributed by atoms with Crippen molar-refractivity contribution in [1.29, 1.82) is 0 Å². The minimum atomic E-state index is -0.326. The highest BCUT2D eigenvalue weighted by Crippen LogP contribution is 2.48. The zero-order valence-corrected chi connectivity index (χ0v) is 17.2. The number of ether oxygens (including phenoxy) is 2. The lowest BCUT2D eigenvalue weighted by Crippen LogP contribution is -2.55. The van der Waals surface area contributed by atoms with Gasteiger partial charge in [0.05, 0.1) is 20.3 Å². The number of benzene rings is 1. The molecule has 0 aromatic heterocycles. The number of carbonyl (C=O) groups excluding carboxylic acids is 2. The van der Waals surface area contributed by atoms with Crippen LogP contribution in [0.15, 0.2) is 29.5 Å². The van der Waals surface area contributed by atoms with Crippen LogP contribution in [-0.2, 0) is 14.3 Å². The van der Waals surface area contributed by atoms with Crippen molar-refractivity contribution in [3.63, 3.8) is 0 Å². The van der Waals surface area contributed by atoms with Crippen LogP contribution >= 0.6 is 0 Å². The normalized spacial score (nSPS) is 25.2. The molecule has 0 spiro atoms. The highest BCUT2D eigenvalue weighted by molar-refractivity contribution is 6.02. The first-order valence-corrected chi connectivity index (χ1v) is 10.1. The van der Waals surface area contributed by atoms with Crippen LogP contribution in [0.3, 0.4) is 0 Å². The maximum absolute atomic E-state index is 13.3. The standard InChI is InChI=1S/C22H28N2O5/c1-22(2)12-16-21(18(26)13-22)15(14-4-5-17(25)19(10-14)28-3)11-20(27)24(16)23-6-8-29-9-7-23/h4-5,10,15,25H,6-9,11-13H2,1-3H3. The molecule has 0 radical (unpaired) electrons. The highest BCUT2D eigenvalue weighted by Gasteiger charge is 2.45. The number of ketones is 1. The van der Waals surface area contributed by atoms with E-state index in [9.17, 15) is 14.7 Å². The Hall–Kier alpha value is -2.38. The molecule has 2 aliphatic heterocycles. The number of morpholine rings is 1. The van der Waals surface area contributed by atoms with Gasteiger partial charge in [-0.15, -0.1) is 0 Å². The second-order valence-corrected chi connectivity index (χ2v) is 8.76. The number of nitrogens with zero attached hydrogens (tertiary/aromatic N) is 2. The smallest absolute Gasteiger partial charge is 0.242 e. The summed E-state index contributed by atoms with van der Waals surface area (Å²) in [6.07, 6.45) is 1.35. The van der Waals surface area contributed by atoms with Crippen LogP contribution in [0.5, 0.6) is 11.5 Å². The summed E-state index contributed by atoms with van der Waals surface area (Å²) in [4.78, 5) is 26.6. The molecule has 156 valence electrons. The van der Waals surface area contributed by atoms with E-state index in [2.05, 4.69) is 13.8 Å². The summed E-state index contributed by atoms with van der Waals surface area (Å²) in [6.45, 7) is 6.56. The van der Waals surface area contributed by atoms with Gasteiger partial charge in [0.25, 0.3) is 0 Å². The minimum Gasteiger partial charge on any atom is -0.504 e. The lowest BCUT2D eigenvalue weighted by Gasteiger charge is -2.47. The number of amides is 1. The fourth-order valence-corrected chi connectivity index (χ4v) is 4.68. The molecule has 7 nitrogen and oxygen atoms in total. The number of hydrogen-bond donors (Lipinski definition) is 1. The Balaban J connectivity index is 1.82. The molecule has 2 heterocycles. The lowest BCUT2D eigenvalue weighted by atomic mass is 9.69. The topological polar surface area (TPSA) is 79.3 Å². The van der Waals surface area contributed by atoms with Crippen molar-refractivity contribution in [2.45, 2.75) is 39.0 Å². The third kappa shape index (κ3) is 3.65. The van der Waals surface area contributed by atoms with Gasteiger partial charge in [-0.3, -0.25) is 9.59 Å². The van der Waals surface area contributed by atoms with Crippen molar-refractivity contribution in [2.75, 3.05) is 33.4 Å². The molecule has 0 saturated carbocycles. The van der Waals surface area contributed by atoms with Gasteiger partial charge in [0, 0.05) is 43.1 Å². The zero-order valence-electron chi connectivity index (χ0n) is 17.2. The second kappa shape index (κ2) is 7.46. The third-order valence-corrected chi connectivity index (χ3v) is 5.99. The van der Waals surface area contributed by atoms with E-state index >= 15 is 0 Å². The first-order valence-electron chi connectivity index (χ1n) is 10.1. The van der Waals surface area contributed by atoms with E-state index in [0.717, 1.165) is 16.8 Å². The Labute approximate surface area is 170 Å². The molecule has 3 aliphatic rings. The Kier molecular flexibility index (Phi) is 5.12. The summed E-state index contributed by atoms with van der Waals surface area (Å²) in [5, 5.41) is 13.7. The number of allylic oxidation sites excluding steroid dienone is 2. The summed E-state index contributed by atoms with van der Waals surface area (Å²) in [5.41, 5.74) is 2.16. The maximum Gasteiger partial charge on any atom is 0.242 e. The van der Waals surface area contributed by atoms with E-state index in [1.54, 1.807) is 23.2 Å². The van der Waals surface area contributed by atoms with Crippen molar-refractivity contribution in [1.82, 2.24) is 10.0 Å². The van der Waals surface area contributed by atoms with Crippen LogP contribution in [0.2, 0.25) is 0 Å². The molecule has 1 aromatic carbocycles. The average molecular weight is 400 g/mol. The minimum absolute atomic E-state index is 0.00630. The first-order chi connectivity index (χ1) is 13.8. The number of aromatic hydroxyl groups is 1. The van der Waals surface area contributed by atoms with Gasteiger partial charge in [0.1, 0.15) is 0 Å². The summed E-state index contributed by atoms with van der Waals surface area (Å²) in [5.74, 6) is 0.148. The fourth-order valence-electron chi connectivity index (χ4n) is 4.68. The highest BCUT2D eigenvalue weighted by atomic mass is 16.5. The Bertz CT molecular complexity index is 870. The van der Waals surface area contributed by atoms with Crippen LogP contribution in [0.1, 0.15) is 44.6 Å². The molecule has 7 heteroatoms. The van der Waals surface area contributed by atoms with Crippen molar-refractivity contribution in [2.24, 2.45) is 5.41 Å². The molecule has 4 rings (SSSR count). The number of methoxy groups -OCH3 is 1. The first kappa shape index (κ1) is 19.9. The fraction of sp³-hybridized carbons (Fsp3) is 0.545. The van der Waals surface area contributed by atoms with Crippen LogP contribution in [0, 0.1) is 5.41 Å². The molecule has 1 amide bonds. The Morgan fingerprint density at radius 1 is 1.17 bits per heavy atom. The van der Waals surface area contributed by atoms with Gasteiger partial charge in [0.2, 0.25) is 5.91 Å². The molecule has 1 aliphatic carbocycles. The van der Waals surface area contributed by atoms with E-state index in [1.807, 2.05) is 5.01 Å². The Morgan fingerprint density at radius 3 is 2.59 bits per heavy atom. The number of hydrogen-bond acceptors (Lipinski definition) is 6. The SMILES string of the molecule is COc1cc(C2CC(=O)N(N3CCOCC3)C3=C2C(=O)CC(C)(C)C3)ccc1O. The molecule has 0 bridgehead atoms. The lowest BCUT2D eigenvalue weighted by molar-refractivity contribution is -0.154. The largest absolute Gasteiger partial charge is 0.504 e. The summed E-state index contributed by atoms with van der Waals surface area (Å²) >= 11 is 0. The number of phenolic OH excluding ortho intramolecular Hbond substituents is 1. The van der Waals surface area contributed by atoms with Gasteiger partial charge < -0.3 is 14.6 Å². The summed E-state index contributed by atoms with van der Waals surface area (Å²) < 4.78 is 10.7. The van der Waals surface area contributed by atoms with Gasteiger partial charge in [-0.2, -0.15) is 0 Å². The molecule has 1 aromatic rings. The van der Waals surface area contributed by atoms with E-state index in [-0.39, 0.29) is 35.2 Å². The maximum atomic E-state index is 13.3. The number of Topliss-reactive ketones (excluding diaryl/α,β-unsaturated/α-hetero) is 1. The van der Waals surface area contributed by atoms with Gasteiger partial charge in [0.15, 0.2) is 17.3 Å². The average Bonchev–Trinajstić information content (AvgIpc) is 2.67. The molecular weight excluding hydrogens is 372 g/mol. The predicted molar refractivity (Wildman–Crippen MR) is 106 cm³/mol. The van der Waals surface area contributed by atoms with Crippen molar-refractivity contribution in [3.8, 4) is 11.5 Å². The summed E-state index contributed by atoms with van der Waals surface area (Å²) in [6, 6.07) is 5.07. The molecule has 1 N–H and O–H groups in total. The monoisotopic (exact) mass is 400 g/mol. The van der Waals surface area contributed by atoms with E-state index < -0.39 is 0 Å². The number of rotatable bonds is 3. The molecular formula is C22H28N2O5. The number of carbonyl (C=O) groups is 2. The van der Waals surface area contributed by atoms with Crippen molar-refractivity contribution < 1.29 is 24.2 Å². The van der Waals surface area contributed by atoms with Crippen molar-refractivity contribution >= 4 is 11.7 Å². The number of phenols is 1. The molecule has 1 atom stereocenters. The Morgan fingerprint density at radius 2 is 1.90 bits per heavy atom. The van der Waals surface area contributed by atoms with Gasteiger partial charge in [-0.25, -0.2) is 10.0 Å². The van der Waals surface area contributed by atoms with Crippen LogP contribution < -0.4 is 4.74 Å². The summed E-state index contributed by atoms with van der Waals surface area (Å²) in [7, 11) is 1.49.